The van der Waals surface area contributed by atoms with Gasteiger partial charge in [0.1, 0.15) is 0 Å². The average molecular weight is 424 g/mol. The van der Waals surface area contributed by atoms with Crippen LogP contribution >= 0.6 is 0 Å². The number of rotatable bonds is 7. The van der Waals surface area contributed by atoms with Crippen LogP contribution in [0.5, 0.6) is 0 Å². The third-order valence-electron chi connectivity index (χ3n) is 5.67. The van der Waals surface area contributed by atoms with Crippen molar-refractivity contribution in [3.8, 4) is 0 Å². The number of aliphatic hydroxyl groups is 1. The van der Waals surface area contributed by atoms with Crippen LogP contribution < -0.4 is 0 Å². The molecule has 0 spiro atoms. The molecule has 0 aliphatic carbocycles. The Hall–Kier alpha value is -3.92. The molecule has 160 valence electrons. The lowest BCUT2D eigenvalue weighted by Gasteiger charge is -2.26. The number of carbonyl (C=O) groups excluding carboxylic acids is 2. The van der Waals surface area contributed by atoms with Crippen LogP contribution in [0.2, 0.25) is 0 Å². The van der Waals surface area contributed by atoms with Gasteiger partial charge in [0.2, 0.25) is 0 Å². The first kappa shape index (κ1) is 21.3. The van der Waals surface area contributed by atoms with Crippen LogP contribution in [0.25, 0.3) is 6.08 Å². The number of benzene rings is 3. The largest absolute Gasteiger partial charge is 0.503 e. The van der Waals surface area contributed by atoms with Gasteiger partial charge in [-0.05, 0) is 36.1 Å². The lowest BCUT2D eigenvalue weighted by Crippen LogP contribution is -2.33. The van der Waals surface area contributed by atoms with E-state index in [9.17, 15) is 14.7 Å². The number of aliphatic hydroxyl groups excluding tert-OH is 1. The zero-order chi connectivity index (χ0) is 22.5. The number of aryl methyl sites for hydroxylation is 1. The molecule has 3 aromatic rings. The quantitative estimate of drug-likeness (QED) is 0.531. The van der Waals surface area contributed by atoms with Crippen LogP contribution in [0.4, 0.5) is 0 Å². The van der Waals surface area contributed by atoms with Crippen LogP contribution in [0, 0.1) is 6.92 Å². The molecule has 4 nitrogen and oxygen atoms in total. The van der Waals surface area contributed by atoms with E-state index in [1.165, 1.54) is 6.08 Å². The van der Waals surface area contributed by atoms with Gasteiger partial charge in [-0.15, -0.1) is 0 Å². The van der Waals surface area contributed by atoms with Crippen molar-refractivity contribution in [2.75, 3.05) is 6.54 Å². The summed E-state index contributed by atoms with van der Waals surface area (Å²) < 4.78 is 0. The number of hydrogen-bond acceptors (Lipinski definition) is 3. The minimum Gasteiger partial charge on any atom is -0.503 e. The minimum absolute atomic E-state index is 0.124. The Morgan fingerprint density at radius 3 is 2.22 bits per heavy atom. The molecule has 0 aromatic heterocycles. The van der Waals surface area contributed by atoms with Crippen molar-refractivity contribution in [1.29, 1.82) is 0 Å². The van der Waals surface area contributed by atoms with Gasteiger partial charge in [-0.3, -0.25) is 9.59 Å². The first-order valence-electron chi connectivity index (χ1n) is 10.7. The minimum atomic E-state index is -0.625. The Morgan fingerprint density at radius 1 is 0.938 bits per heavy atom. The van der Waals surface area contributed by atoms with E-state index in [1.807, 2.05) is 91.9 Å². The fraction of sp³-hybridized carbons (Fsp3) is 0.143. The van der Waals surface area contributed by atoms with Gasteiger partial charge in [0.25, 0.3) is 5.91 Å². The van der Waals surface area contributed by atoms with E-state index in [0.29, 0.717) is 13.0 Å². The van der Waals surface area contributed by atoms with E-state index < -0.39 is 17.7 Å². The van der Waals surface area contributed by atoms with Crippen LogP contribution in [-0.2, 0) is 16.0 Å². The maximum Gasteiger partial charge on any atom is 0.290 e. The fourth-order valence-electron chi connectivity index (χ4n) is 3.95. The number of amides is 1. The first-order chi connectivity index (χ1) is 15.5. The zero-order valence-electron chi connectivity index (χ0n) is 17.9. The number of ketones is 1. The van der Waals surface area contributed by atoms with E-state index >= 15 is 0 Å². The molecule has 32 heavy (non-hydrogen) atoms. The standard InChI is InChI=1S/C28H25NO3/c1-20-12-15-23(16-13-20)26-25(24(30)17-14-21-8-4-2-5-9-21)27(31)28(32)29(26)19-18-22-10-6-3-7-11-22/h2-17,26,31H,18-19H2,1H3. The highest BCUT2D eigenvalue weighted by atomic mass is 16.3. The molecule has 0 saturated carbocycles. The molecule has 1 aliphatic heterocycles. The number of hydrogen-bond donors (Lipinski definition) is 1. The summed E-state index contributed by atoms with van der Waals surface area (Å²) >= 11 is 0. The van der Waals surface area contributed by atoms with Crippen molar-refractivity contribution in [2.45, 2.75) is 19.4 Å². The SMILES string of the molecule is Cc1ccc(C2C(C(=O)C=Cc3ccccc3)=C(O)C(=O)N2CCc2ccccc2)cc1. The highest BCUT2D eigenvalue weighted by Gasteiger charge is 2.42. The van der Waals surface area contributed by atoms with Gasteiger partial charge in [0.15, 0.2) is 11.5 Å². The van der Waals surface area contributed by atoms with Crippen LogP contribution in [0.3, 0.4) is 0 Å². The predicted octanol–water partition coefficient (Wildman–Crippen LogP) is 5.22. The lowest BCUT2D eigenvalue weighted by molar-refractivity contribution is -0.129. The van der Waals surface area contributed by atoms with Gasteiger partial charge in [0.05, 0.1) is 11.6 Å². The Bertz CT molecular complexity index is 1160. The first-order valence-corrected chi connectivity index (χ1v) is 10.7. The number of carbonyl (C=O) groups is 2. The van der Waals surface area contributed by atoms with Crippen molar-refractivity contribution in [2.24, 2.45) is 0 Å². The van der Waals surface area contributed by atoms with E-state index in [2.05, 4.69) is 0 Å². The highest BCUT2D eigenvalue weighted by Crippen LogP contribution is 2.38. The monoisotopic (exact) mass is 423 g/mol. The number of nitrogens with zero attached hydrogens (tertiary/aromatic N) is 1. The molecule has 0 fully saturated rings. The summed E-state index contributed by atoms with van der Waals surface area (Å²) in [7, 11) is 0. The van der Waals surface area contributed by atoms with Gasteiger partial charge in [-0.2, -0.15) is 0 Å². The molecule has 0 bridgehead atoms. The number of allylic oxidation sites excluding steroid dienone is 1. The maximum atomic E-state index is 13.2. The summed E-state index contributed by atoms with van der Waals surface area (Å²) in [5, 5.41) is 10.7. The van der Waals surface area contributed by atoms with Crippen molar-refractivity contribution in [3.63, 3.8) is 0 Å². The predicted molar refractivity (Wildman–Crippen MR) is 126 cm³/mol. The summed E-state index contributed by atoms with van der Waals surface area (Å²) in [6.45, 7) is 2.38. The van der Waals surface area contributed by atoms with Gasteiger partial charge in [-0.25, -0.2) is 0 Å². The molecule has 1 heterocycles. The van der Waals surface area contributed by atoms with Crippen molar-refractivity contribution < 1.29 is 14.7 Å². The van der Waals surface area contributed by atoms with Gasteiger partial charge >= 0.3 is 0 Å². The molecule has 0 radical (unpaired) electrons. The van der Waals surface area contributed by atoms with Crippen molar-refractivity contribution >= 4 is 17.8 Å². The Kier molecular flexibility index (Phi) is 6.31. The van der Waals surface area contributed by atoms with E-state index in [4.69, 9.17) is 0 Å². The molecule has 4 heteroatoms. The fourth-order valence-corrected chi connectivity index (χ4v) is 3.95. The van der Waals surface area contributed by atoms with E-state index in [-0.39, 0.29) is 11.4 Å². The Balaban J connectivity index is 1.66. The van der Waals surface area contributed by atoms with Crippen LogP contribution in [0.1, 0.15) is 28.3 Å². The molecular formula is C28H25NO3. The highest BCUT2D eigenvalue weighted by molar-refractivity contribution is 6.14. The third-order valence-corrected chi connectivity index (χ3v) is 5.67. The second-order valence-electron chi connectivity index (χ2n) is 7.92. The van der Waals surface area contributed by atoms with Crippen molar-refractivity contribution in [1.82, 2.24) is 4.90 Å². The topological polar surface area (TPSA) is 57.6 Å². The van der Waals surface area contributed by atoms with Crippen LogP contribution in [0.15, 0.2) is 102 Å². The molecule has 1 aliphatic rings. The average Bonchev–Trinajstić information content (AvgIpc) is 3.08. The molecule has 1 N–H and O–H groups in total. The summed E-state index contributed by atoms with van der Waals surface area (Å²) in [4.78, 5) is 27.8. The molecular weight excluding hydrogens is 398 g/mol. The summed E-state index contributed by atoms with van der Waals surface area (Å²) in [6.07, 6.45) is 3.76. The molecule has 3 aromatic carbocycles. The van der Waals surface area contributed by atoms with Crippen molar-refractivity contribution in [3.05, 3.63) is 125 Å². The Labute approximate surface area is 188 Å². The molecule has 0 saturated heterocycles. The van der Waals surface area contributed by atoms with Gasteiger partial charge in [0, 0.05) is 6.54 Å². The second-order valence-corrected chi connectivity index (χ2v) is 7.92. The maximum absolute atomic E-state index is 13.2. The summed E-state index contributed by atoms with van der Waals surface area (Å²) in [5.74, 6) is -1.35. The molecule has 1 atom stereocenters. The molecule has 4 rings (SSSR count). The van der Waals surface area contributed by atoms with E-state index in [1.54, 1.807) is 11.0 Å². The normalized spacial score (nSPS) is 16.2. The molecule has 1 amide bonds. The Morgan fingerprint density at radius 2 is 1.56 bits per heavy atom. The van der Waals surface area contributed by atoms with E-state index in [0.717, 1.165) is 22.3 Å². The van der Waals surface area contributed by atoms with Crippen LogP contribution in [-0.4, -0.2) is 28.2 Å². The molecule has 1 unspecified atom stereocenters. The lowest BCUT2D eigenvalue weighted by atomic mass is 9.94. The third kappa shape index (κ3) is 4.54. The smallest absolute Gasteiger partial charge is 0.290 e. The summed E-state index contributed by atoms with van der Waals surface area (Å²) in [6, 6.07) is 26.4. The zero-order valence-corrected chi connectivity index (χ0v) is 17.9. The van der Waals surface area contributed by atoms with Gasteiger partial charge < -0.3 is 10.0 Å². The second kappa shape index (κ2) is 9.48. The summed E-state index contributed by atoms with van der Waals surface area (Å²) in [5.41, 5.74) is 3.97. The van der Waals surface area contributed by atoms with Gasteiger partial charge in [-0.1, -0.05) is 96.6 Å².